The molecule has 0 aromatic carbocycles. The molecule has 16 heavy (non-hydrogen) atoms. The molecule has 1 aromatic rings. The van der Waals surface area contributed by atoms with E-state index in [9.17, 15) is 4.79 Å². The van der Waals surface area contributed by atoms with Crippen LogP contribution in [0.15, 0.2) is 0 Å². The molecule has 5 nitrogen and oxygen atoms in total. The SMILES string of the molecule is CC(C)c1nc2c(c(CC(=O)O)n1)COC2. The lowest BCUT2D eigenvalue weighted by Crippen LogP contribution is -2.11. The summed E-state index contributed by atoms with van der Waals surface area (Å²) in [6, 6.07) is 0. The summed E-state index contributed by atoms with van der Waals surface area (Å²) in [7, 11) is 0. The lowest BCUT2D eigenvalue weighted by Gasteiger charge is -2.09. The lowest BCUT2D eigenvalue weighted by molar-refractivity contribution is -0.136. The van der Waals surface area contributed by atoms with Crippen molar-refractivity contribution in [2.24, 2.45) is 0 Å². The minimum atomic E-state index is -0.873. The number of hydrogen-bond acceptors (Lipinski definition) is 4. The molecule has 1 aromatic heterocycles. The maximum absolute atomic E-state index is 10.7. The molecule has 0 aliphatic carbocycles. The van der Waals surface area contributed by atoms with Crippen LogP contribution in [0.4, 0.5) is 0 Å². The number of fused-ring (bicyclic) bond motifs is 1. The fraction of sp³-hybridized carbons (Fsp3) is 0.545. The molecule has 5 heteroatoms. The van der Waals surface area contributed by atoms with Gasteiger partial charge in [0.2, 0.25) is 0 Å². The predicted octanol–water partition coefficient (Wildman–Crippen LogP) is 1.26. The van der Waals surface area contributed by atoms with Crippen LogP contribution in [0.5, 0.6) is 0 Å². The number of nitrogens with zero attached hydrogens (tertiary/aromatic N) is 2. The van der Waals surface area contributed by atoms with Crippen LogP contribution < -0.4 is 0 Å². The van der Waals surface area contributed by atoms with Gasteiger partial charge in [-0.2, -0.15) is 0 Å². The van der Waals surface area contributed by atoms with Gasteiger partial charge in [-0.3, -0.25) is 4.79 Å². The largest absolute Gasteiger partial charge is 0.481 e. The van der Waals surface area contributed by atoms with E-state index in [1.165, 1.54) is 0 Å². The van der Waals surface area contributed by atoms with Crippen LogP contribution in [-0.4, -0.2) is 21.0 Å². The monoisotopic (exact) mass is 222 g/mol. The standard InChI is InChI=1S/C11H14N2O3/c1-6(2)11-12-8(3-10(14)15)7-4-16-5-9(7)13-11/h6H,3-5H2,1-2H3,(H,14,15). The molecule has 0 bridgehead atoms. The first-order valence-corrected chi connectivity index (χ1v) is 5.26. The average Bonchev–Trinajstić information content (AvgIpc) is 2.64. The lowest BCUT2D eigenvalue weighted by atomic mass is 10.1. The Morgan fingerprint density at radius 2 is 2.19 bits per heavy atom. The highest BCUT2D eigenvalue weighted by atomic mass is 16.5. The number of ether oxygens (including phenoxy) is 1. The average molecular weight is 222 g/mol. The third kappa shape index (κ3) is 2.04. The molecule has 0 fully saturated rings. The van der Waals surface area contributed by atoms with Gasteiger partial charge in [-0.15, -0.1) is 0 Å². The smallest absolute Gasteiger partial charge is 0.309 e. The molecule has 0 atom stereocenters. The zero-order valence-corrected chi connectivity index (χ0v) is 9.36. The minimum absolute atomic E-state index is 0.0616. The number of carboxylic acid groups (broad SMARTS) is 1. The van der Waals surface area contributed by atoms with E-state index < -0.39 is 5.97 Å². The fourth-order valence-electron chi connectivity index (χ4n) is 1.69. The Hall–Kier alpha value is -1.49. The maximum atomic E-state index is 10.7. The van der Waals surface area contributed by atoms with Crippen molar-refractivity contribution in [3.05, 3.63) is 22.8 Å². The summed E-state index contributed by atoms with van der Waals surface area (Å²) < 4.78 is 5.28. The first kappa shape index (κ1) is 11.0. The third-order valence-corrected chi connectivity index (χ3v) is 2.52. The van der Waals surface area contributed by atoms with Gasteiger partial charge in [0.15, 0.2) is 0 Å². The highest BCUT2D eigenvalue weighted by Gasteiger charge is 2.21. The second-order valence-corrected chi connectivity index (χ2v) is 4.17. The van der Waals surface area contributed by atoms with Gasteiger partial charge < -0.3 is 9.84 Å². The van der Waals surface area contributed by atoms with Crippen LogP contribution in [-0.2, 0) is 29.2 Å². The zero-order valence-electron chi connectivity index (χ0n) is 9.36. The van der Waals surface area contributed by atoms with E-state index in [0.29, 0.717) is 24.7 Å². The number of rotatable bonds is 3. The van der Waals surface area contributed by atoms with Crippen LogP contribution in [0.1, 0.15) is 42.5 Å². The predicted molar refractivity (Wildman–Crippen MR) is 56.0 cm³/mol. The first-order valence-electron chi connectivity index (χ1n) is 5.26. The number of aliphatic carboxylic acids is 1. The van der Waals surface area contributed by atoms with E-state index in [2.05, 4.69) is 9.97 Å². The van der Waals surface area contributed by atoms with E-state index >= 15 is 0 Å². The van der Waals surface area contributed by atoms with Gasteiger partial charge in [-0.1, -0.05) is 13.8 Å². The fourth-order valence-corrected chi connectivity index (χ4v) is 1.69. The normalized spacial score (nSPS) is 14.2. The Morgan fingerprint density at radius 3 is 2.81 bits per heavy atom. The van der Waals surface area contributed by atoms with Crippen LogP contribution in [0.25, 0.3) is 0 Å². The van der Waals surface area contributed by atoms with Gasteiger partial charge >= 0.3 is 5.97 Å². The highest BCUT2D eigenvalue weighted by Crippen LogP contribution is 2.23. The van der Waals surface area contributed by atoms with E-state index in [1.807, 2.05) is 13.8 Å². The van der Waals surface area contributed by atoms with Crippen molar-refractivity contribution in [2.45, 2.75) is 39.4 Å². The molecule has 0 amide bonds. The van der Waals surface area contributed by atoms with Gasteiger partial charge in [0.1, 0.15) is 5.82 Å². The molecule has 1 N–H and O–H groups in total. The molecular weight excluding hydrogens is 208 g/mol. The van der Waals surface area contributed by atoms with Crippen LogP contribution in [0.3, 0.4) is 0 Å². The zero-order chi connectivity index (χ0) is 11.7. The number of hydrogen-bond donors (Lipinski definition) is 1. The van der Waals surface area contributed by atoms with E-state index in [-0.39, 0.29) is 12.3 Å². The summed E-state index contributed by atoms with van der Waals surface area (Å²) in [5.41, 5.74) is 2.29. The molecule has 0 saturated heterocycles. The molecular formula is C11H14N2O3. The Kier molecular flexibility index (Phi) is 2.87. The van der Waals surface area contributed by atoms with Crippen LogP contribution >= 0.6 is 0 Å². The van der Waals surface area contributed by atoms with Crippen molar-refractivity contribution in [3.63, 3.8) is 0 Å². The van der Waals surface area contributed by atoms with Crippen LogP contribution in [0.2, 0.25) is 0 Å². The first-order chi connectivity index (χ1) is 7.58. The van der Waals surface area contributed by atoms with Gasteiger partial charge in [0.25, 0.3) is 0 Å². The molecule has 1 aliphatic rings. The number of carboxylic acids is 1. The summed E-state index contributed by atoms with van der Waals surface area (Å²) in [6.45, 7) is 4.87. The molecule has 0 unspecified atom stereocenters. The Balaban J connectivity index is 2.45. The quantitative estimate of drug-likeness (QED) is 0.833. The summed E-state index contributed by atoms with van der Waals surface area (Å²) in [5.74, 6) is 0.0152. The Labute approximate surface area is 93.5 Å². The second-order valence-electron chi connectivity index (χ2n) is 4.17. The second kappa shape index (κ2) is 4.17. The van der Waals surface area contributed by atoms with Crippen molar-refractivity contribution in [2.75, 3.05) is 0 Å². The van der Waals surface area contributed by atoms with Crippen LogP contribution in [0, 0.1) is 0 Å². The molecule has 0 radical (unpaired) electrons. The molecule has 2 heterocycles. The summed E-state index contributed by atoms with van der Waals surface area (Å²) in [6.07, 6.45) is -0.0616. The molecule has 2 rings (SSSR count). The van der Waals surface area contributed by atoms with E-state index in [0.717, 1.165) is 11.3 Å². The van der Waals surface area contributed by atoms with Crippen molar-refractivity contribution >= 4 is 5.97 Å². The number of aromatic nitrogens is 2. The van der Waals surface area contributed by atoms with Crippen molar-refractivity contribution in [1.82, 2.24) is 9.97 Å². The Bertz CT molecular complexity index is 429. The van der Waals surface area contributed by atoms with Gasteiger partial charge in [-0.05, 0) is 0 Å². The number of carbonyl (C=O) groups is 1. The summed E-state index contributed by atoms with van der Waals surface area (Å²) in [5, 5.41) is 8.83. The summed E-state index contributed by atoms with van der Waals surface area (Å²) >= 11 is 0. The Morgan fingerprint density at radius 1 is 1.44 bits per heavy atom. The molecule has 0 spiro atoms. The topological polar surface area (TPSA) is 72.3 Å². The van der Waals surface area contributed by atoms with E-state index in [4.69, 9.17) is 9.84 Å². The highest BCUT2D eigenvalue weighted by molar-refractivity contribution is 5.70. The maximum Gasteiger partial charge on any atom is 0.309 e. The van der Waals surface area contributed by atoms with Gasteiger partial charge in [0, 0.05) is 11.5 Å². The van der Waals surface area contributed by atoms with Crippen molar-refractivity contribution in [1.29, 1.82) is 0 Å². The van der Waals surface area contributed by atoms with E-state index in [1.54, 1.807) is 0 Å². The molecule has 86 valence electrons. The summed E-state index contributed by atoms with van der Waals surface area (Å²) in [4.78, 5) is 19.5. The third-order valence-electron chi connectivity index (χ3n) is 2.52. The van der Waals surface area contributed by atoms with Gasteiger partial charge in [-0.25, -0.2) is 9.97 Å². The van der Waals surface area contributed by atoms with Crippen molar-refractivity contribution in [3.8, 4) is 0 Å². The van der Waals surface area contributed by atoms with Crippen molar-refractivity contribution < 1.29 is 14.6 Å². The molecule has 1 aliphatic heterocycles. The van der Waals surface area contributed by atoms with Gasteiger partial charge in [0.05, 0.1) is 31.0 Å². The molecule has 0 saturated carbocycles. The minimum Gasteiger partial charge on any atom is -0.481 e.